The highest BCUT2D eigenvalue weighted by atomic mass is 79.9. The van der Waals surface area contributed by atoms with Crippen molar-refractivity contribution >= 4 is 22.2 Å². The first kappa shape index (κ1) is 10.3. The largest absolute Gasteiger partial charge is 0.496 e. The first-order valence-corrected chi connectivity index (χ1v) is 5.09. The van der Waals surface area contributed by atoms with E-state index in [-0.39, 0.29) is 0 Å². The summed E-state index contributed by atoms with van der Waals surface area (Å²) in [5.74, 6) is 0.775. The molecule has 0 N–H and O–H groups in total. The van der Waals surface area contributed by atoms with Crippen LogP contribution in [-0.4, -0.2) is 13.4 Å². The number of aldehydes is 1. The van der Waals surface area contributed by atoms with Crippen molar-refractivity contribution in [1.29, 1.82) is 0 Å². The van der Waals surface area contributed by atoms with E-state index < -0.39 is 0 Å². The molecule has 0 aromatic heterocycles. The quantitative estimate of drug-likeness (QED) is 0.599. The number of rotatable bonds is 4. The molecule has 0 aliphatic carbocycles. The fraction of sp³-hybridized carbons (Fsp3) is 0.300. The summed E-state index contributed by atoms with van der Waals surface area (Å²) < 4.78 is 5.12. The van der Waals surface area contributed by atoms with Gasteiger partial charge in [0, 0.05) is 17.3 Å². The molecule has 0 fully saturated rings. The Labute approximate surface area is 86.0 Å². The van der Waals surface area contributed by atoms with Crippen molar-refractivity contribution in [3.05, 3.63) is 29.3 Å². The number of hydrogen-bond acceptors (Lipinski definition) is 2. The van der Waals surface area contributed by atoms with Gasteiger partial charge in [-0.05, 0) is 11.6 Å². The summed E-state index contributed by atoms with van der Waals surface area (Å²) in [5, 5.41) is 0.794. The molecule has 0 radical (unpaired) electrons. The van der Waals surface area contributed by atoms with E-state index >= 15 is 0 Å². The molecule has 0 amide bonds. The van der Waals surface area contributed by atoms with E-state index in [4.69, 9.17) is 4.74 Å². The summed E-state index contributed by atoms with van der Waals surface area (Å²) in [5.41, 5.74) is 2.09. The van der Waals surface area contributed by atoms with E-state index in [9.17, 15) is 4.79 Å². The predicted octanol–water partition coefficient (Wildman–Crippen LogP) is 2.33. The molecule has 0 atom stereocenters. The highest BCUT2D eigenvalue weighted by Crippen LogP contribution is 2.20. The third-order valence-corrected chi connectivity index (χ3v) is 2.45. The molecule has 13 heavy (non-hydrogen) atoms. The number of methoxy groups -OCH3 is 1. The number of halogens is 1. The lowest BCUT2D eigenvalue weighted by Gasteiger charge is -2.06. The Bertz CT molecular complexity index is 297. The summed E-state index contributed by atoms with van der Waals surface area (Å²) >= 11 is 3.36. The minimum atomic E-state index is 0.407. The van der Waals surface area contributed by atoms with E-state index in [2.05, 4.69) is 15.9 Å². The van der Waals surface area contributed by atoms with Crippen molar-refractivity contribution in [2.75, 3.05) is 7.11 Å². The van der Waals surface area contributed by atoms with Crippen molar-refractivity contribution < 1.29 is 9.53 Å². The minimum absolute atomic E-state index is 0.407. The number of carbonyl (C=O) groups is 1. The molecular formula is C10H11BrO2. The zero-order chi connectivity index (χ0) is 9.68. The maximum absolute atomic E-state index is 10.4. The standard InChI is InChI=1S/C10H11BrO2/c1-13-10-3-2-8(7-11)6-9(10)4-5-12/h2-3,5-6H,4,7H2,1H3. The third kappa shape index (κ3) is 2.56. The lowest BCUT2D eigenvalue weighted by Crippen LogP contribution is -1.94. The monoisotopic (exact) mass is 242 g/mol. The van der Waals surface area contributed by atoms with Gasteiger partial charge in [0.05, 0.1) is 7.11 Å². The minimum Gasteiger partial charge on any atom is -0.496 e. The second-order valence-electron chi connectivity index (χ2n) is 2.65. The van der Waals surface area contributed by atoms with Gasteiger partial charge in [0.2, 0.25) is 0 Å². The van der Waals surface area contributed by atoms with Crippen molar-refractivity contribution in [3.63, 3.8) is 0 Å². The lowest BCUT2D eigenvalue weighted by molar-refractivity contribution is -0.107. The average Bonchev–Trinajstić information content (AvgIpc) is 2.18. The summed E-state index contributed by atoms with van der Waals surface area (Å²) in [6.45, 7) is 0. The fourth-order valence-electron chi connectivity index (χ4n) is 1.16. The first-order chi connectivity index (χ1) is 6.31. The van der Waals surface area contributed by atoms with Crippen LogP contribution in [0.5, 0.6) is 5.75 Å². The molecule has 70 valence electrons. The van der Waals surface area contributed by atoms with Gasteiger partial charge in [-0.2, -0.15) is 0 Å². The molecule has 0 heterocycles. The van der Waals surface area contributed by atoms with Gasteiger partial charge in [-0.25, -0.2) is 0 Å². The molecule has 0 saturated carbocycles. The molecule has 0 unspecified atom stereocenters. The molecule has 2 nitrogen and oxygen atoms in total. The van der Waals surface area contributed by atoms with Gasteiger partial charge in [0.1, 0.15) is 12.0 Å². The summed E-state index contributed by atoms with van der Waals surface area (Å²) in [4.78, 5) is 10.4. The number of carbonyl (C=O) groups excluding carboxylic acids is 1. The number of benzene rings is 1. The Hall–Kier alpha value is -0.830. The first-order valence-electron chi connectivity index (χ1n) is 3.97. The van der Waals surface area contributed by atoms with Gasteiger partial charge in [0.15, 0.2) is 0 Å². The van der Waals surface area contributed by atoms with Gasteiger partial charge in [-0.15, -0.1) is 0 Å². The van der Waals surface area contributed by atoms with Crippen LogP contribution < -0.4 is 4.74 Å². The summed E-state index contributed by atoms with van der Waals surface area (Å²) in [7, 11) is 1.61. The van der Waals surface area contributed by atoms with Crippen LogP contribution in [0.4, 0.5) is 0 Å². The molecule has 0 aliphatic rings. The fourth-order valence-corrected chi connectivity index (χ4v) is 1.51. The topological polar surface area (TPSA) is 26.3 Å². The van der Waals surface area contributed by atoms with E-state index in [1.807, 2.05) is 18.2 Å². The van der Waals surface area contributed by atoms with Crippen LogP contribution in [0, 0.1) is 0 Å². The molecule has 1 rings (SSSR count). The van der Waals surface area contributed by atoms with E-state index in [1.54, 1.807) is 7.11 Å². The molecule has 0 saturated heterocycles. The van der Waals surface area contributed by atoms with E-state index in [1.165, 1.54) is 0 Å². The lowest BCUT2D eigenvalue weighted by atomic mass is 10.1. The maximum Gasteiger partial charge on any atom is 0.124 e. The smallest absolute Gasteiger partial charge is 0.124 e. The summed E-state index contributed by atoms with van der Waals surface area (Å²) in [6.07, 6.45) is 1.29. The van der Waals surface area contributed by atoms with Gasteiger partial charge in [-0.3, -0.25) is 0 Å². The number of hydrogen-bond donors (Lipinski definition) is 0. The second kappa shape index (κ2) is 5.02. The van der Waals surface area contributed by atoms with Crippen LogP contribution >= 0.6 is 15.9 Å². The Morgan fingerprint density at radius 1 is 1.54 bits per heavy atom. The van der Waals surface area contributed by atoms with Crippen molar-refractivity contribution in [2.24, 2.45) is 0 Å². The molecule has 3 heteroatoms. The Morgan fingerprint density at radius 2 is 2.31 bits per heavy atom. The number of alkyl halides is 1. The van der Waals surface area contributed by atoms with Gasteiger partial charge < -0.3 is 9.53 Å². The summed E-state index contributed by atoms with van der Waals surface area (Å²) in [6, 6.07) is 5.83. The second-order valence-corrected chi connectivity index (χ2v) is 3.21. The highest BCUT2D eigenvalue weighted by Gasteiger charge is 2.02. The van der Waals surface area contributed by atoms with E-state index in [0.29, 0.717) is 6.42 Å². The van der Waals surface area contributed by atoms with Gasteiger partial charge in [-0.1, -0.05) is 28.1 Å². The normalized spacial score (nSPS) is 9.69. The van der Waals surface area contributed by atoms with Crippen LogP contribution in [0.2, 0.25) is 0 Å². The zero-order valence-electron chi connectivity index (χ0n) is 7.42. The van der Waals surface area contributed by atoms with Crippen LogP contribution in [0.15, 0.2) is 18.2 Å². The van der Waals surface area contributed by atoms with Crippen LogP contribution in [0.1, 0.15) is 11.1 Å². The Balaban J connectivity index is 3.01. The van der Waals surface area contributed by atoms with Gasteiger partial charge in [0.25, 0.3) is 0 Å². The Kier molecular flexibility index (Phi) is 3.96. The zero-order valence-corrected chi connectivity index (χ0v) is 9.00. The van der Waals surface area contributed by atoms with Crippen molar-refractivity contribution in [1.82, 2.24) is 0 Å². The maximum atomic E-state index is 10.4. The van der Waals surface area contributed by atoms with Crippen LogP contribution in [-0.2, 0) is 16.5 Å². The van der Waals surface area contributed by atoms with Crippen LogP contribution in [0.3, 0.4) is 0 Å². The third-order valence-electron chi connectivity index (χ3n) is 1.80. The predicted molar refractivity (Wildman–Crippen MR) is 55.4 cm³/mol. The SMILES string of the molecule is COc1ccc(CBr)cc1CC=O. The molecular weight excluding hydrogens is 232 g/mol. The Morgan fingerprint density at radius 3 is 2.85 bits per heavy atom. The van der Waals surface area contributed by atoms with Crippen molar-refractivity contribution in [3.8, 4) is 5.75 Å². The molecule has 0 spiro atoms. The highest BCUT2D eigenvalue weighted by molar-refractivity contribution is 9.08. The van der Waals surface area contributed by atoms with E-state index in [0.717, 1.165) is 28.5 Å². The molecule has 0 bridgehead atoms. The number of ether oxygens (including phenoxy) is 1. The molecule has 1 aromatic carbocycles. The molecule has 0 aliphatic heterocycles. The van der Waals surface area contributed by atoms with Crippen molar-refractivity contribution in [2.45, 2.75) is 11.8 Å². The average molecular weight is 243 g/mol. The van der Waals surface area contributed by atoms with Crippen LogP contribution in [0.25, 0.3) is 0 Å². The van der Waals surface area contributed by atoms with Gasteiger partial charge >= 0.3 is 0 Å². The molecule has 1 aromatic rings.